The molecule has 0 aliphatic rings. The Labute approximate surface area is 121 Å². The van der Waals surface area contributed by atoms with Crippen molar-refractivity contribution in [3.63, 3.8) is 0 Å². The molecule has 1 heterocycles. The SMILES string of the molecule is COC(=O)c1ccc(N)cc1S(=O)(=O)Nc1cccnn1. The van der Waals surface area contributed by atoms with Gasteiger partial charge in [0, 0.05) is 11.9 Å². The fourth-order valence-electron chi connectivity index (χ4n) is 1.59. The molecule has 1 aromatic carbocycles. The molecule has 0 aliphatic heterocycles. The van der Waals surface area contributed by atoms with E-state index in [2.05, 4.69) is 19.7 Å². The lowest BCUT2D eigenvalue weighted by atomic mass is 10.2. The third-order valence-electron chi connectivity index (χ3n) is 2.51. The largest absolute Gasteiger partial charge is 0.465 e. The highest BCUT2D eigenvalue weighted by molar-refractivity contribution is 7.92. The summed E-state index contributed by atoms with van der Waals surface area (Å²) in [5.41, 5.74) is 5.66. The molecule has 0 fully saturated rings. The summed E-state index contributed by atoms with van der Waals surface area (Å²) in [4.78, 5) is 11.4. The van der Waals surface area contributed by atoms with Crippen molar-refractivity contribution in [2.75, 3.05) is 17.6 Å². The van der Waals surface area contributed by atoms with Crippen molar-refractivity contribution < 1.29 is 17.9 Å². The van der Waals surface area contributed by atoms with Gasteiger partial charge in [-0.3, -0.25) is 4.72 Å². The van der Waals surface area contributed by atoms with Crippen molar-refractivity contribution in [2.24, 2.45) is 0 Å². The maximum Gasteiger partial charge on any atom is 0.339 e. The van der Waals surface area contributed by atoms with Gasteiger partial charge >= 0.3 is 5.97 Å². The van der Waals surface area contributed by atoms with Crippen LogP contribution in [0.3, 0.4) is 0 Å². The number of esters is 1. The van der Waals surface area contributed by atoms with E-state index in [4.69, 9.17) is 5.73 Å². The predicted octanol–water partition coefficient (Wildman–Crippen LogP) is 0.646. The van der Waals surface area contributed by atoms with Crippen molar-refractivity contribution in [3.8, 4) is 0 Å². The fraction of sp³-hybridized carbons (Fsp3) is 0.0833. The molecule has 9 heteroatoms. The van der Waals surface area contributed by atoms with E-state index in [0.29, 0.717) is 0 Å². The lowest BCUT2D eigenvalue weighted by molar-refractivity contribution is 0.0596. The zero-order chi connectivity index (χ0) is 15.5. The van der Waals surface area contributed by atoms with Crippen LogP contribution < -0.4 is 10.5 Å². The summed E-state index contributed by atoms with van der Waals surface area (Å²) in [5.74, 6) is -0.759. The van der Waals surface area contributed by atoms with Crippen molar-refractivity contribution >= 4 is 27.5 Å². The molecule has 0 bridgehead atoms. The summed E-state index contributed by atoms with van der Waals surface area (Å²) in [5, 5.41) is 7.18. The molecule has 110 valence electrons. The van der Waals surface area contributed by atoms with Crippen LogP contribution in [-0.2, 0) is 14.8 Å². The first-order chi connectivity index (χ1) is 9.94. The van der Waals surface area contributed by atoms with Crippen molar-refractivity contribution in [1.29, 1.82) is 0 Å². The summed E-state index contributed by atoms with van der Waals surface area (Å²) in [6.45, 7) is 0. The number of benzene rings is 1. The van der Waals surface area contributed by atoms with Gasteiger partial charge in [-0.15, -0.1) is 5.10 Å². The Hall–Kier alpha value is -2.68. The molecule has 21 heavy (non-hydrogen) atoms. The number of nitrogen functional groups attached to an aromatic ring is 1. The highest BCUT2D eigenvalue weighted by Gasteiger charge is 2.24. The van der Waals surface area contributed by atoms with Crippen LogP contribution >= 0.6 is 0 Å². The number of carbonyl (C=O) groups excluding carboxylic acids is 1. The Morgan fingerprint density at radius 1 is 1.33 bits per heavy atom. The molecule has 0 unspecified atom stereocenters. The van der Waals surface area contributed by atoms with Crippen molar-refractivity contribution in [1.82, 2.24) is 10.2 Å². The maximum absolute atomic E-state index is 12.4. The normalized spacial score (nSPS) is 10.9. The van der Waals surface area contributed by atoms with Gasteiger partial charge in [0.1, 0.15) is 4.90 Å². The van der Waals surface area contributed by atoms with E-state index in [1.165, 1.54) is 36.5 Å². The summed E-state index contributed by atoms with van der Waals surface area (Å²) in [6, 6.07) is 6.81. The molecular formula is C12H12N4O4S. The standard InChI is InChI=1S/C12H12N4O4S/c1-20-12(17)9-5-4-8(13)7-10(9)21(18,19)16-11-3-2-6-14-15-11/h2-7H,13H2,1H3,(H,15,16). The third-order valence-corrected chi connectivity index (χ3v) is 3.91. The first-order valence-corrected chi connectivity index (χ1v) is 7.21. The van der Waals surface area contributed by atoms with Gasteiger partial charge in [0.05, 0.1) is 12.7 Å². The molecule has 8 nitrogen and oxygen atoms in total. The van der Waals surface area contributed by atoms with Crippen LogP contribution in [0.5, 0.6) is 0 Å². The minimum absolute atomic E-state index is 0.0238. The number of anilines is 2. The number of methoxy groups -OCH3 is 1. The molecule has 1 aromatic heterocycles. The second-order valence-corrected chi connectivity index (χ2v) is 5.61. The zero-order valence-electron chi connectivity index (χ0n) is 11.0. The molecular weight excluding hydrogens is 296 g/mol. The van der Waals surface area contributed by atoms with Gasteiger partial charge in [0.15, 0.2) is 5.82 Å². The van der Waals surface area contributed by atoms with Gasteiger partial charge in [-0.2, -0.15) is 5.10 Å². The highest BCUT2D eigenvalue weighted by Crippen LogP contribution is 2.22. The van der Waals surface area contributed by atoms with Crippen LogP contribution in [-0.4, -0.2) is 31.7 Å². The highest BCUT2D eigenvalue weighted by atomic mass is 32.2. The summed E-state index contributed by atoms with van der Waals surface area (Å²) < 4.78 is 31.5. The van der Waals surface area contributed by atoms with E-state index < -0.39 is 16.0 Å². The molecule has 0 amide bonds. The molecule has 2 aromatic rings. The minimum atomic E-state index is -4.05. The second kappa shape index (κ2) is 5.75. The number of rotatable bonds is 4. The number of nitrogens with zero attached hydrogens (tertiary/aromatic N) is 2. The summed E-state index contributed by atoms with van der Waals surface area (Å²) >= 11 is 0. The Morgan fingerprint density at radius 2 is 2.10 bits per heavy atom. The number of nitrogens with one attached hydrogen (secondary N) is 1. The van der Waals surface area contributed by atoms with E-state index in [1.54, 1.807) is 0 Å². The summed E-state index contributed by atoms with van der Waals surface area (Å²) in [7, 11) is -2.90. The van der Waals surface area contributed by atoms with E-state index in [-0.39, 0.29) is 22.0 Å². The fourth-order valence-corrected chi connectivity index (χ4v) is 2.81. The Morgan fingerprint density at radius 3 is 2.71 bits per heavy atom. The molecule has 0 aliphatic carbocycles. The number of carbonyl (C=O) groups is 1. The van der Waals surface area contributed by atoms with E-state index in [1.807, 2.05) is 0 Å². The smallest absolute Gasteiger partial charge is 0.339 e. The van der Waals surface area contributed by atoms with Gasteiger partial charge in [-0.1, -0.05) is 0 Å². The van der Waals surface area contributed by atoms with Crippen LogP contribution in [0.1, 0.15) is 10.4 Å². The Balaban J connectivity index is 2.49. The van der Waals surface area contributed by atoms with Gasteiger partial charge in [0.2, 0.25) is 0 Å². The van der Waals surface area contributed by atoms with Gasteiger partial charge < -0.3 is 10.5 Å². The first kappa shape index (κ1) is 14.7. The van der Waals surface area contributed by atoms with Crippen LogP contribution in [0.2, 0.25) is 0 Å². The first-order valence-electron chi connectivity index (χ1n) is 5.72. The van der Waals surface area contributed by atoms with Gasteiger partial charge in [-0.25, -0.2) is 13.2 Å². The number of hydrogen-bond donors (Lipinski definition) is 2. The number of ether oxygens (including phenoxy) is 1. The number of nitrogens with two attached hydrogens (primary N) is 1. The second-order valence-electron chi connectivity index (χ2n) is 3.96. The molecule has 0 radical (unpaired) electrons. The van der Waals surface area contributed by atoms with E-state index in [9.17, 15) is 13.2 Å². The summed E-state index contributed by atoms with van der Waals surface area (Å²) in [6.07, 6.45) is 1.40. The molecule has 2 rings (SSSR count). The third kappa shape index (κ3) is 3.26. The van der Waals surface area contributed by atoms with Crippen molar-refractivity contribution in [2.45, 2.75) is 4.90 Å². The van der Waals surface area contributed by atoms with Crippen LogP contribution in [0.4, 0.5) is 11.5 Å². The molecule has 0 spiro atoms. The van der Waals surface area contributed by atoms with Gasteiger partial charge in [0.25, 0.3) is 10.0 Å². The quantitative estimate of drug-likeness (QED) is 0.627. The van der Waals surface area contributed by atoms with Crippen LogP contribution in [0.25, 0.3) is 0 Å². The lowest BCUT2D eigenvalue weighted by Gasteiger charge is -2.11. The molecule has 0 atom stereocenters. The van der Waals surface area contributed by atoms with E-state index in [0.717, 1.165) is 7.11 Å². The van der Waals surface area contributed by atoms with Crippen LogP contribution in [0.15, 0.2) is 41.4 Å². The molecule has 0 saturated heterocycles. The topological polar surface area (TPSA) is 124 Å². The number of sulfonamides is 1. The number of aromatic nitrogens is 2. The maximum atomic E-state index is 12.4. The van der Waals surface area contributed by atoms with Crippen molar-refractivity contribution in [3.05, 3.63) is 42.1 Å². The Bertz CT molecular complexity index is 762. The van der Waals surface area contributed by atoms with Gasteiger partial charge in [-0.05, 0) is 30.3 Å². The molecule has 0 saturated carbocycles. The average molecular weight is 308 g/mol. The van der Waals surface area contributed by atoms with E-state index >= 15 is 0 Å². The Kier molecular flexibility index (Phi) is 4.03. The monoisotopic (exact) mass is 308 g/mol. The lowest BCUT2D eigenvalue weighted by Crippen LogP contribution is -2.18. The number of hydrogen-bond acceptors (Lipinski definition) is 7. The predicted molar refractivity (Wildman–Crippen MR) is 75.0 cm³/mol. The van der Waals surface area contributed by atoms with Crippen LogP contribution in [0, 0.1) is 0 Å². The average Bonchev–Trinajstić information content (AvgIpc) is 2.47. The zero-order valence-corrected chi connectivity index (χ0v) is 11.8. The molecule has 3 N–H and O–H groups in total. The minimum Gasteiger partial charge on any atom is -0.465 e.